The van der Waals surface area contributed by atoms with Crippen LogP contribution in [0, 0.1) is 0 Å². The van der Waals surface area contributed by atoms with Crippen LogP contribution in [0.3, 0.4) is 0 Å². The van der Waals surface area contributed by atoms with Crippen molar-refractivity contribution in [2.45, 2.75) is 31.0 Å². The van der Waals surface area contributed by atoms with E-state index in [9.17, 15) is 0 Å². The summed E-state index contributed by atoms with van der Waals surface area (Å²) in [5.74, 6) is 0.240. The molecule has 56 heavy (non-hydrogen) atoms. The number of para-hydroxylation sites is 2. The number of rotatable bonds is 6. The van der Waals surface area contributed by atoms with Crippen molar-refractivity contribution < 1.29 is 4.42 Å². The Morgan fingerprint density at radius 2 is 1.41 bits per heavy atom. The summed E-state index contributed by atoms with van der Waals surface area (Å²) in [6.07, 6.45) is 17.7. The largest absolute Gasteiger partial charge is 0.456 e. The van der Waals surface area contributed by atoms with Crippen LogP contribution in [0.5, 0.6) is 0 Å². The topological polar surface area (TPSA) is 40.8 Å². The minimum absolute atomic E-state index is 0.123. The molecule has 268 valence electrons. The van der Waals surface area contributed by atoms with Crippen molar-refractivity contribution in [1.82, 2.24) is 5.32 Å². The molecule has 4 heteroatoms. The standard InChI is InChI=1S/C52H39N3O/c1-3-12-36(13-4-1)46-33-47(37-14-5-2-6-15-37)54-52(53-46)38-24-22-35(23-25-38)41-18-11-19-45-42-16-7-9-20-48(42)55(51(41)45)40-29-26-34(27-30-40)39-28-31-44-43-17-8-10-21-49(43)56-50(44)32-39/h1-5,7-14,16-33,45,51-52,54H,6,15H2. The Balaban J connectivity index is 0.913. The second-order valence-corrected chi connectivity index (χ2v) is 15.0. The van der Waals surface area contributed by atoms with Gasteiger partial charge >= 0.3 is 0 Å². The first-order valence-electron chi connectivity index (χ1n) is 19.6. The molecule has 6 aromatic carbocycles. The van der Waals surface area contributed by atoms with Crippen molar-refractivity contribution >= 4 is 44.6 Å². The molecule has 11 rings (SSSR count). The van der Waals surface area contributed by atoms with Gasteiger partial charge in [0.1, 0.15) is 17.3 Å². The average molecular weight is 722 g/mol. The summed E-state index contributed by atoms with van der Waals surface area (Å²) in [5, 5.41) is 6.08. The van der Waals surface area contributed by atoms with E-state index >= 15 is 0 Å². The van der Waals surface area contributed by atoms with Crippen molar-refractivity contribution in [1.29, 1.82) is 0 Å². The van der Waals surface area contributed by atoms with Crippen molar-refractivity contribution in [3.05, 3.63) is 222 Å². The van der Waals surface area contributed by atoms with Crippen LogP contribution in [0.4, 0.5) is 11.4 Å². The Kier molecular flexibility index (Phi) is 7.80. The molecule has 4 aliphatic rings. The number of nitrogens with one attached hydrogen (secondary N) is 1. The number of fused-ring (bicyclic) bond motifs is 6. The van der Waals surface area contributed by atoms with Crippen molar-refractivity contribution in [2.75, 3.05) is 4.90 Å². The predicted octanol–water partition coefficient (Wildman–Crippen LogP) is 12.8. The van der Waals surface area contributed by atoms with Crippen LogP contribution in [0.2, 0.25) is 0 Å². The van der Waals surface area contributed by atoms with Gasteiger partial charge < -0.3 is 14.6 Å². The second kappa shape index (κ2) is 13.4. The van der Waals surface area contributed by atoms with Gasteiger partial charge in [-0.2, -0.15) is 0 Å². The number of anilines is 2. The quantitative estimate of drug-likeness (QED) is 0.186. The minimum atomic E-state index is -0.183. The first-order valence-corrected chi connectivity index (χ1v) is 19.6. The molecule has 3 atom stereocenters. The van der Waals surface area contributed by atoms with Gasteiger partial charge in [0.05, 0.1) is 11.8 Å². The molecule has 7 aromatic rings. The van der Waals surface area contributed by atoms with Gasteiger partial charge in [-0.15, -0.1) is 0 Å². The Morgan fingerprint density at radius 1 is 0.643 bits per heavy atom. The predicted molar refractivity (Wildman–Crippen MR) is 231 cm³/mol. The third-order valence-electron chi connectivity index (χ3n) is 11.8. The maximum atomic E-state index is 6.23. The molecular formula is C52H39N3O. The van der Waals surface area contributed by atoms with E-state index in [-0.39, 0.29) is 18.1 Å². The summed E-state index contributed by atoms with van der Waals surface area (Å²) in [5.41, 5.74) is 16.2. The first kappa shape index (κ1) is 32.5. The van der Waals surface area contributed by atoms with Crippen LogP contribution < -0.4 is 10.2 Å². The zero-order chi connectivity index (χ0) is 37.0. The lowest BCUT2D eigenvalue weighted by Crippen LogP contribution is -2.32. The van der Waals surface area contributed by atoms with Crippen LogP contribution in [0.25, 0.3) is 38.6 Å². The summed E-state index contributed by atoms with van der Waals surface area (Å²) in [7, 11) is 0. The molecule has 3 unspecified atom stereocenters. The SMILES string of the molecule is C1=CCCC(C2=CC(c3ccccc3)=NC(c3ccc(C4=CC=CC5c6ccccc6N(c6ccc(-c7ccc8c(c7)oc7ccccc78)cc6)C45)cc3)N2)=C1. The Bertz CT molecular complexity index is 2830. The molecule has 0 radical (unpaired) electrons. The van der Waals surface area contributed by atoms with Gasteiger partial charge in [-0.3, -0.25) is 4.99 Å². The Hall–Kier alpha value is -6.91. The van der Waals surface area contributed by atoms with Crippen LogP contribution in [-0.4, -0.2) is 11.8 Å². The van der Waals surface area contributed by atoms with E-state index in [1.54, 1.807) is 0 Å². The van der Waals surface area contributed by atoms with E-state index in [0.717, 1.165) is 62.9 Å². The summed E-state index contributed by atoms with van der Waals surface area (Å²) >= 11 is 0. The zero-order valence-corrected chi connectivity index (χ0v) is 30.8. The fourth-order valence-corrected chi connectivity index (χ4v) is 9.00. The van der Waals surface area contributed by atoms with Crippen LogP contribution in [-0.2, 0) is 0 Å². The smallest absolute Gasteiger partial charge is 0.145 e. The molecule has 2 aliphatic heterocycles. The lowest BCUT2D eigenvalue weighted by atomic mass is 9.83. The minimum Gasteiger partial charge on any atom is -0.456 e. The lowest BCUT2D eigenvalue weighted by molar-refractivity contribution is 0.619. The first-order chi connectivity index (χ1) is 27.7. The highest BCUT2D eigenvalue weighted by molar-refractivity contribution is 6.10. The second-order valence-electron chi connectivity index (χ2n) is 15.0. The third kappa shape index (κ3) is 5.56. The van der Waals surface area contributed by atoms with Crippen molar-refractivity contribution in [3.63, 3.8) is 0 Å². The van der Waals surface area contributed by atoms with Crippen molar-refractivity contribution in [2.24, 2.45) is 4.99 Å². The van der Waals surface area contributed by atoms with E-state index in [4.69, 9.17) is 9.41 Å². The van der Waals surface area contributed by atoms with E-state index in [1.165, 1.54) is 39.2 Å². The van der Waals surface area contributed by atoms with Crippen LogP contribution in [0.1, 0.15) is 47.2 Å². The van der Waals surface area contributed by atoms with E-state index < -0.39 is 0 Å². The van der Waals surface area contributed by atoms with Crippen molar-refractivity contribution in [3.8, 4) is 11.1 Å². The molecule has 0 fully saturated rings. The molecule has 0 saturated carbocycles. The molecule has 0 bridgehead atoms. The zero-order valence-electron chi connectivity index (χ0n) is 30.8. The number of aliphatic imine (C=N–C) groups is 1. The molecule has 4 nitrogen and oxygen atoms in total. The fraction of sp³-hybridized carbons (Fsp3) is 0.0962. The molecule has 0 amide bonds. The molecular weight excluding hydrogens is 683 g/mol. The third-order valence-corrected chi connectivity index (χ3v) is 11.8. The lowest BCUT2D eigenvalue weighted by Gasteiger charge is -2.34. The molecule has 3 heterocycles. The van der Waals surface area contributed by atoms with Gasteiger partial charge in [0, 0.05) is 33.8 Å². The van der Waals surface area contributed by atoms with E-state index in [2.05, 4.69) is 186 Å². The van der Waals surface area contributed by atoms with E-state index in [0.29, 0.717) is 0 Å². The Morgan fingerprint density at radius 3 is 2.27 bits per heavy atom. The monoisotopic (exact) mass is 721 g/mol. The number of benzene rings is 6. The normalized spacial score (nSPS) is 19.9. The fourth-order valence-electron chi connectivity index (χ4n) is 9.00. The number of furan rings is 1. The molecule has 0 saturated heterocycles. The number of nitrogens with zero attached hydrogens (tertiary/aromatic N) is 2. The molecule has 2 aliphatic carbocycles. The molecule has 0 spiro atoms. The highest BCUT2D eigenvalue weighted by Gasteiger charge is 2.41. The van der Waals surface area contributed by atoms with Gasteiger partial charge in [-0.1, -0.05) is 146 Å². The summed E-state index contributed by atoms with van der Waals surface area (Å²) in [6, 6.07) is 52.5. The number of hydrogen-bond donors (Lipinski definition) is 1. The highest BCUT2D eigenvalue weighted by atomic mass is 16.3. The molecule has 1 aromatic heterocycles. The van der Waals surface area contributed by atoms with Crippen LogP contribution >= 0.6 is 0 Å². The van der Waals surface area contributed by atoms with Crippen LogP contribution in [0.15, 0.2) is 209 Å². The van der Waals surface area contributed by atoms with Gasteiger partial charge in [-0.05, 0) is 99.8 Å². The summed E-state index contributed by atoms with van der Waals surface area (Å²) < 4.78 is 6.23. The van der Waals surface area contributed by atoms with Gasteiger partial charge in [0.2, 0.25) is 0 Å². The van der Waals surface area contributed by atoms with Gasteiger partial charge in [-0.25, -0.2) is 0 Å². The van der Waals surface area contributed by atoms with E-state index in [1.807, 2.05) is 12.1 Å². The maximum Gasteiger partial charge on any atom is 0.145 e. The summed E-state index contributed by atoms with van der Waals surface area (Å²) in [4.78, 5) is 7.78. The average Bonchev–Trinajstić information content (AvgIpc) is 3.82. The maximum absolute atomic E-state index is 6.23. The number of allylic oxidation sites excluding steroid dienone is 7. The molecule has 1 N–H and O–H groups in total. The Labute approximate surface area is 326 Å². The number of hydrogen-bond acceptors (Lipinski definition) is 4. The van der Waals surface area contributed by atoms with Gasteiger partial charge in [0.15, 0.2) is 0 Å². The van der Waals surface area contributed by atoms with Gasteiger partial charge in [0.25, 0.3) is 0 Å². The highest BCUT2D eigenvalue weighted by Crippen LogP contribution is 2.51. The summed E-state index contributed by atoms with van der Waals surface area (Å²) in [6.45, 7) is 0.